The molecule has 0 aliphatic heterocycles. The van der Waals surface area contributed by atoms with Crippen molar-refractivity contribution in [3.8, 4) is 11.5 Å². The average Bonchev–Trinajstić information content (AvgIpc) is 2.79. The highest BCUT2D eigenvalue weighted by Crippen LogP contribution is 2.25. The van der Waals surface area contributed by atoms with Crippen LogP contribution in [0.1, 0.15) is 30.5 Å². The average molecular weight is 434 g/mol. The molecule has 0 fully saturated rings. The van der Waals surface area contributed by atoms with Gasteiger partial charge in [-0.25, -0.2) is 9.97 Å². The molecular formula is C25H27N3O4. The van der Waals surface area contributed by atoms with E-state index in [1.54, 1.807) is 0 Å². The highest BCUT2D eigenvalue weighted by atomic mass is 16.4. The van der Waals surface area contributed by atoms with E-state index < -0.39 is 12.0 Å². The van der Waals surface area contributed by atoms with Gasteiger partial charge in [-0.2, -0.15) is 0 Å². The number of aromatic hydroxyl groups is 2. The van der Waals surface area contributed by atoms with Crippen LogP contribution in [0.4, 0.5) is 0 Å². The van der Waals surface area contributed by atoms with E-state index in [9.17, 15) is 4.79 Å². The van der Waals surface area contributed by atoms with Gasteiger partial charge in [0.25, 0.3) is 0 Å². The van der Waals surface area contributed by atoms with Gasteiger partial charge in [-0.15, -0.1) is 0 Å². The van der Waals surface area contributed by atoms with E-state index in [2.05, 4.69) is 26.0 Å². The quantitative estimate of drug-likeness (QED) is 0.277. The van der Waals surface area contributed by atoms with Crippen molar-refractivity contribution in [2.75, 3.05) is 0 Å². The van der Waals surface area contributed by atoms with Crippen LogP contribution in [-0.2, 0) is 24.1 Å². The van der Waals surface area contributed by atoms with Crippen molar-refractivity contribution in [1.29, 1.82) is 0 Å². The molecule has 0 radical (unpaired) electrons. The number of carboxylic acid groups (broad SMARTS) is 1. The highest BCUT2D eigenvalue weighted by molar-refractivity contribution is 5.88. The number of nitrogens with two attached hydrogens (primary N) is 1. The Bertz CT molecular complexity index is 1260. The maximum atomic E-state index is 10.4. The number of fused-ring (bicyclic) bond motifs is 2. The summed E-state index contributed by atoms with van der Waals surface area (Å²) >= 11 is 0. The van der Waals surface area contributed by atoms with Crippen molar-refractivity contribution >= 4 is 28.0 Å². The maximum Gasteiger partial charge on any atom is 0.320 e. The van der Waals surface area contributed by atoms with Crippen LogP contribution >= 0.6 is 0 Å². The molecule has 5 N–H and O–H groups in total. The van der Waals surface area contributed by atoms with Crippen molar-refractivity contribution in [3.05, 3.63) is 71.3 Å². The first-order valence-electron chi connectivity index (χ1n) is 10.5. The third kappa shape index (κ3) is 5.12. The van der Waals surface area contributed by atoms with Gasteiger partial charge in [0.15, 0.2) is 11.5 Å². The molecular weight excluding hydrogens is 406 g/mol. The number of aryl methyl sites for hydroxylation is 2. The largest absolute Gasteiger partial charge is 0.504 e. The summed E-state index contributed by atoms with van der Waals surface area (Å²) < 4.78 is 0. The molecule has 1 atom stereocenters. The number of benzene rings is 3. The van der Waals surface area contributed by atoms with E-state index in [4.69, 9.17) is 31.0 Å². The third-order valence-corrected chi connectivity index (χ3v) is 5.26. The van der Waals surface area contributed by atoms with Crippen molar-refractivity contribution < 1.29 is 20.1 Å². The number of aromatic nitrogens is 2. The fraction of sp³-hybridized carbons (Fsp3) is 0.240. The van der Waals surface area contributed by atoms with Crippen LogP contribution in [0, 0.1) is 0 Å². The lowest BCUT2D eigenvalue weighted by atomic mass is 10.0. The van der Waals surface area contributed by atoms with Crippen LogP contribution in [0.5, 0.6) is 11.5 Å². The third-order valence-electron chi connectivity index (χ3n) is 5.26. The standard InChI is InChI=1S/C16H16N2.C9H11NO4/c1-3-11-9-10-15-16(12(11)4-2)18-14-8-6-5-7-13(14)17-15;10-6(9(13)14)3-5-1-2-7(11)8(12)4-5/h5-10H,3-4H2,1-2H3;1-2,4,6,11-12H,3,10H2,(H,13,14). The molecule has 7 nitrogen and oxygen atoms in total. The molecule has 0 saturated carbocycles. The molecule has 0 aliphatic rings. The molecule has 3 aromatic carbocycles. The molecule has 7 heteroatoms. The lowest BCUT2D eigenvalue weighted by Crippen LogP contribution is -2.32. The first-order chi connectivity index (χ1) is 15.3. The summed E-state index contributed by atoms with van der Waals surface area (Å²) in [5.74, 6) is -1.62. The summed E-state index contributed by atoms with van der Waals surface area (Å²) in [6, 6.07) is 15.4. The van der Waals surface area contributed by atoms with Gasteiger partial charge in [-0.1, -0.05) is 38.1 Å². The molecule has 1 aromatic heterocycles. The predicted molar refractivity (Wildman–Crippen MR) is 125 cm³/mol. The molecule has 4 rings (SSSR count). The number of rotatable bonds is 5. The normalized spacial score (nSPS) is 11.7. The number of nitrogens with zero attached hydrogens (tertiary/aromatic N) is 2. The van der Waals surface area contributed by atoms with Crippen molar-refractivity contribution in [3.63, 3.8) is 0 Å². The van der Waals surface area contributed by atoms with E-state index >= 15 is 0 Å². The second-order valence-electron chi connectivity index (χ2n) is 7.46. The number of para-hydroxylation sites is 2. The Hall–Kier alpha value is -3.71. The van der Waals surface area contributed by atoms with Gasteiger partial charge in [0.05, 0.1) is 22.1 Å². The SMILES string of the molecule is CCc1ccc2nc3ccccc3nc2c1CC.NC(Cc1ccc(O)c(O)c1)C(=O)O. The topological polar surface area (TPSA) is 130 Å². The van der Waals surface area contributed by atoms with Crippen LogP contribution in [-0.4, -0.2) is 37.3 Å². The molecule has 0 spiro atoms. The molecule has 0 saturated heterocycles. The number of hydrogen-bond acceptors (Lipinski definition) is 6. The van der Waals surface area contributed by atoms with Crippen molar-refractivity contribution in [1.82, 2.24) is 9.97 Å². The van der Waals surface area contributed by atoms with Crippen molar-refractivity contribution in [2.24, 2.45) is 5.73 Å². The van der Waals surface area contributed by atoms with E-state index in [1.165, 1.54) is 29.3 Å². The summed E-state index contributed by atoms with van der Waals surface area (Å²) in [5, 5.41) is 26.6. The summed E-state index contributed by atoms with van der Waals surface area (Å²) in [6.45, 7) is 4.37. The minimum absolute atomic E-state index is 0.114. The summed E-state index contributed by atoms with van der Waals surface area (Å²) in [5.41, 5.74) is 12.6. The lowest BCUT2D eigenvalue weighted by molar-refractivity contribution is -0.138. The Balaban J connectivity index is 0.000000188. The molecule has 1 heterocycles. The summed E-state index contributed by atoms with van der Waals surface area (Å²) in [4.78, 5) is 19.9. The number of phenolic OH excluding ortho intramolecular Hbond substituents is 2. The maximum absolute atomic E-state index is 10.4. The van der Waals surface area contributed by atoms with Crippen LogP contribution in [0.3, 0.4) is 0 Å². The monoisotopic (exact) mass is 433 g/mol. The minimum atomic E-state index is -1.10. The Labute approximate surface area is 186 Å². The van der Waals surface area contributed by atoms with E-state index in [0.29, 0.717) is 5.56 Å². The second kappa shape index (κ2) is 10.1. The predicted octanol–water partition coefficient (Wildman–Crippen LogP) is 3.96. The molecule has 0 amide bonds. The van der Waals surface area contributed by atoms with Gasteiger partial charge in [0.2, 0.25) is 0 Å². The molecule has 166 valence electrons. The van der Waals surface area contributed by atoms with Crippen LogP contribution in [0.15, 0.2) is 54.6 Å². The number of hydrogen-bond donors (Lipinski definition) is 4. The van der Waals surface area contributed by atoms with Gasteiger partial charge in [0, 0.05) is 0 Å². The molecule has 32 heavy (non-hydrogen) atoms. The smallest absolute Gasteiger partial charge is 0.320 e. The number of phenols is 2. The Morgan fingerprint density at radius 1 is 0.906 bits per heavy atom. The molecule has 4 aromatic rings. The van der Waals surface area contributed by atoms with E-state index in [0.717, 1.165) is 34.9 Å². The minimum Gasteiger partial charge on any atom is -0.504 e. The lowest BCUT2D eigenvalue weighted by Gasteiger charge is -2.09. The highest BCUT2D eigenvalue weighted by Gasteiger charge is 2.13. The Morgan fingerprint density at radius 2 is 1.59 bits per heavy atom. The zero-order valence-electron chi connectivity index (χ0n) is 18.1. The van der Waals surface area contributed by atoms with Crippen LogP contribution < -0.4 is 5.73 Å². The summed E-state index contributed by atoms with van der Waals surface area (Å²) in [6.07, 6.45) is 2.17. The van der Waals surface area contributed by atoms with Gasteiger partial charge < -0.3 is 21.1 Å². The van der Waals surface area contributed by atoms with E-state index in [-0.39, 0.29) is 17.9 Å². The second-order valence-corrected chi connectivity index (χ2v) is 7.46. The van der Waals surface area contributed by atoms with Gasteiger partial charge in [-0.3, -0.25) is 4.79 Å². The van der Waals surface area contributed by atoms with Crippen LogP contribution in [0.25, 0.3) is 22.1 Å². The first kappa shape index (κ1) is 23.0. The van der Waals surface area contributed by atoms with E-state index in [1.807, 2.05) is 24.3 Å². The Morgan fingerprint density at radius 3 is 2.19 bits per heavy atom. The van der Waals surface area contributed by atoms with Crippen molar-refractivity contribution in [2.45, 2.75) is 39.2 Å². The number of carboxylic acids is 1. The number of aliphatic carboxylic acids is 1. The molecule has 0 bridgehead atoms. The fourth-order valence-electron chi connectivity index (χ4n) is 3.55. The first-order valence-corrected chi connectivity index (χ1v) is 10.5. The van der Waals surface area contributed by atoms with Gasteiger partial charge in [-0.05, 0) is 66.3 Å². The molecule has 0 aliphatic carbocycles. The fourth-order valence-corrected chi connectivity index (χ4v) is 3.55. The van der Waals surface area contributed by atoms with Gasteiger partial charge in [0.1, 0.15) is 6.04 Å². The van der Waals surface area contributed by atoms with Gasteiger partial charge >= 0.3 is 5.97 Å². The summed E-state index contributed by atoms with van der Waals surface area (Å²) in [7, 11) is 0. The zero-order valence-corrected chi connectivity index (χ0v) is 18.1. The van der Waals surface area contributed by atoms with Crippen LogP contribution in [0.2, 0.25) is 0 Å². The zero-order chi connectivity index (χ0) is 23.3. The Kier molecular flexibility index (Phi) is 7.22. The number of carbonyl (C=O) groups is 1. The molecule has 1 unspecified atom stereocenters.